The number of hydrogen-bond acceptors (Lipinski definition) is 2. The van der Waals surface area contributed by atoms with Crippen molar-refractivity contribution in [1.29, 1.82) is 0 Å². The highest BCUT2D eigenvalue weighted by molar-refractivity contribution is 6.12. The highest BCUT2D eigenvalue weighted by Crippen LogP contribution is 2.45. The van der Waals surface area contributed by atoms with Gasteiger partial charge in [-0.05, 0) is 29.2 Å². The van der Waals surface area contributed by atoms with Crippen molar-refractivity contribution in [1.82, 2.24) is 0 Å². The van der Waals surface area contributed by atoms with Crippen molar-refractivity contribution < 1.29 is 9.90 Å². The van der Waals surface area contributed by atoms with Gasteiger partial charge in [0.1, 0.15) is 0 Å². The second kappa shape index (κ2) is 6.07. The standard InChI is InChI=1S/C24H23NO2/c1-23(2,3)17-13-15-18(16-14-17)24(27)21-12-8-7-11-20(21)22(26)25(24)19-9-5-4-6-10-19/h4-16,27H,1-3H3. The molecule has 3 aromatic rings. The first-order chi connectivity index (χ1) is 12.8. The SMILES string of the molecule is CC(C)(C)c1ccc(C2(O)c3ccccc3C(=O)N2c2ccccc2)cc1. The van der Waals surface area contributed by atoms with Gasteiger partial charge in [-0.2, -0.15) is 0 Å². The van der Waals surface area contributed by atoms with Gasteiger partial charge in [-0.3, -0.25) is 9.69 Å². The predicted octanol–water partition coefficient (Wildman–Crippen LogP) is 4.84. The van der Waals surface area contributed by atoms with Crippen LogP contribution in [0.25, 0.3) is 0 Å². The van der Waals surface area contributed by atoms with Gasteiger partial charge in [-0.1, -0.05) is 81.4 Å². The fraction of sp³-hybridized carbons (Fsp3) is 0.208. The number of para-hydroxylation sites is 1. The summed E-state index contributed by atoms with van der Waals surface area (Å²) in [7, 11) is 0. The molecule has 0 saturated carbocycles. The van der Waals surface area contributed by atoms with E-state index in [1.54, 1.807) is 6.07 Å². The summed E-state index contributed by atoms with van der Waals surface area (Å²) in [5, 5.41) is 11.9. The van der Waals surface area contributed by atoms with Gasteiger partial charge in [-0.15, -0.1) is 0 Å². The number of fused-ring (bicyclic) bond motifs is 1. The summed E-state index contributed by atoms with van der Waals surface area (Å²) >= 11 is 0. The molecule has 0 saturated heterocycles. The second-order valence-electron chi connectivity index (χ2n) is 8.02. The normalized spacial score (nSPS) is 19.3. The smallest absolute Gasteiger partial charge is 0.261 e. The number of anilines is 1. The lowest BCUT2D eigenvalue weighted by Gasteiger charge is -2.35. The maximum Gasteiger partial charge on any atom is 0.261 e. The minimum Gasteiger partial charge on any atom is -0.363 e. The number of benzene rings is 3. The first kappa shape index (κ1) is 17.5. The third-order valence-corrected chi connectivity index (χ3v) is 5.23. The summed E-state index contributed by atoms with van der Waals surface area (Å²) < 4.78 is 0. The van der Waals surface area contributed by atoms with Gasteiger partial charge >= 0.3 is 0 Å². The molecule has 1 N–H and O–H groups in total. The van der Waals surface area contributed by atoms with Crippen LogP contribution in [0.15, 0.2) is 78.9 Å². The topological polar surface area (TPSA) is 40.5 Å². The number of aliphatic hydroxyl groups is 1. The molecule has 0 aliphatic carbocycles. The Kier molecular flexibility index (Phi) is 3.93. The Labute approximate surface area is 159 Å². The largest absolute Gasteiger partial charge is 0.363 e. The van der Waals surface area contributed by atoms with E-state index in [4.69, 9.17) is 0 Å². The fourth-order valence-corrected chi connectivity index (χ4v) is 3.73. The lowest BCUT2D eigenvalue weighted by atomic mass is 9.85. The van der Waals surface area contributed by atoms with Gasteiger partial charge in [0.05, 0.1) is 0 Å². The minimum absolute atomic E-state index is 0.0175. The molecule has 0 radical (unpaired) electrons. The zero-order valence-electron chi connectivity index (χ0n) is 15.8. The number of amides is 1. The maximum absolute atomic E-state index is 13.2. The third kappa shape index (κ3) is 2.66. The zero-order chi connectivity index (χ0) is 19.2. The minimum atomic E-state index is -1.54. The Balaban J connectivity index is 1.92. The van der Waals surface area contributed by atoms with Crippen LogP contribution < -0.4 is 4.90 Å². The van der Waals surface area contributed by atoms with E-state index in [2.05, 4.69) is 20.8 Å². The average molecular weight is 357 g/mol. The van der Waals surface area contributed by atoms with E-state index in [9.17, 15) is 9.90 Å². The summed E-state index contributed by atoms with van der Waals surface area (Å²) in [5.74, 6) is -0.195. The van der Waals surface area contributed by atoms with Crippen LogP contribution in [-0.2, 0) is 11.1 Å². The molecule has 3 nitrogen and oxygen atoms in total. The van der Waals surface area contributed by atoms with Gasteiger partial charge in [-0.25, -0.2) is 0 Å². The van der Waals surface area contributed by atoms with Gasteiger partial charge in [0, 0.05) is 22.4 Å². The van der Waals surface area contributed by atoms with Crippen LogP contribution >= 0.6 is 0 Å². The molecule has 1 atom stereocenters. The van der Waals surface area contributed by atoms with Gasteiger partial charge < -0.3 is 5.11 Å². The Morgan fingerprint density at radius 2 is 1.41 bits per heavy atom. The molecule has 1 aliphatic heterocycles. The number of nitrogens with zero attached hydrogens (tertiary/aromatic N) is 1. The highest BCUT2D eigenvalue weighted by Gasteiger charge is 2.50. The molecule has 1 aliphatic rings. The molecule has 1 heterocycles. The van der Waals surface area contributed by atoms with Gasteiger partial charge in [0.25, 0.3) is 5.91 Å². The average Bonchev–Trinajstić information content (AvgIpc) is 2.91. The van der Waals surface area contributed by atoms with Crippen molar-refractivity contribution in [3.05, 3.63) is 101 Å². The van der Waals surface area contributed by atoms with Crippen LogP contribution in [0.2, 0.25) is 0 Å². The molecule has 3 aromatic carbocycles. The van der Waals surface area contributed by atoms with Crippen molar-refractivity contribution in [2.45, 2.75) is 31.9 Å². The lowest BCUT2D eigenvalue weighted by Crippen LogP contribution is -2.45. The Bertz CT molecular complexity index is 987. The molecule has 0 bridgehead atoms. The fourth-order valence-electron chi connectivity index (χ4n) is 3.73. The molecular formula is C24H23NO2. The summed E-state index contributed by atoms with van der Waals surface area (Å²) in [6.45, 7) is 6.46. The summed E-state index contributed by atoms with van der Waals surface area (Å²) in [5.41, 5.74) is 2.15. The Hall–Kier alpha value is -2.91. The predicted molar refractivity (Wildman–Crippen MR) is 108 cm³/mol. The Morgan fingerprint density at radius 1 is 0.815 bits per heavy atom. The molecule has 136 valence electrons. The molecule has 0 aromatic heterocycles. The summed E-state index contributed by atoms with van der Waals surface area (Å²) in [4.78, 5) is 14.7. The van der Waals surface area contributed by atoms with Crippen molar-refractivity contribution in [3.63, 3.8) is 0 Å². The van der Waals surface area contributed by atoms with Crippen molar-refractivity contribution in [3.8, 4) is 0 Å². The van der Waals surface area contributed by atoms with E-state index < -0.39 is 5.72 Å². The zero-order valence-corrected chi connectivity index (χ0v) is 15.8. The van der Waals surface area contributed by atoms with Crippen molar-refractivity contribution >= 4 is 11.6 Å². The van der Waals surface area contributed by atoms with Crippen LogP contribution in [0.5, 0.6) is 0 Å². The first-order valence-electron chi connectivity index (χ1n) is 9.16. The van der Waals surface area contributed by atoms with E-state index in [0.717, 1.165) is 0 Å². The van der Waals surface area contributed by atoms with Crippen molar-refractivity contribution in [2.24, 2.45) is 0 Å². The second-order valence-corrected chi connectivity index (χ2v) is 8.02. The summed E-state index contributed by atoms with van der Waals surface area (Å²) in [6, 6.07) is 24.5. The number of rotatable bonds is 2. The van der Waals surface area contributed by atoms with Gasteiger partial charge in [0.2, 0.25) is 0 Å². The van der Waals surface area contributed by atoms with Gasteiger partial charge in [0.15, 0.2) is 5.72 Å². The van der Waals surface area contributed by atoms with Crippen LogP contribution in [0.1, 0.15) is 47.8 Å². The molecule has 1 amide bonds. The van der Waals surface area contributed by atoms with Crippen molar-refractivity contribution in [2.75, 3.05) is 4.90 Å². The Morgan fingerprint density at radius 3 is 2.04 bits per heavy atom. The number of carbonyl (C=O) groups excluding carboxylic acids is 1. The molecule has 3 heteroatoms. The quantitative estimate of drug-likeness (QED) is 0.713. The van der Waals surface area contributed by atoms with E-state index in [1.165, 1.54) is 10.5 Å². The lowest BCUT2D eigenvalue weighted by molar-refractivity contribution is 0.0703. The first-order valence-corrected chi connectivity index (χ1v) is 9.16. The van der Waals surface area contributed by atoms with Crippen LogP contribution in [-0.4, -0.2) is 11.0 Å². The van der Waals surface area contributed by atoms with Crippen LogP contribution in [0.3, 0.4) is 0 Å². The maximum atomic E-state index is 13.2. The third-order valence-electron chi connectivity index (χ3n) is 5.23. The molecule has 27 heavy (non-hydrogen) atoms. The van der Waals surface area contributed by atoms with Crippen LogP contribution in [0, 0.1) is 0 Å². The van der Waals surface area contributed by atoms with E-state index in [-0.39, 0.29) is 11.3 Å². The molecule has 4 rings (SSSR count). The molecular weight excluding hydrogens is 334 g/mol. The van der Waals surface area contributed by atoms with E-state index in [0.29, 0.717) is 22.4 Å². The summed E-state index contributed by atoms with van der Waals surface area (Å²) in [6.07, 6.45) is 0. The molecule has 0 spiro atoms. The molecule has 1 unspecified atom stereocenters. The monoisotopic (exact) mass is 357 g/mol. The number of carbonyl (C=O) groups is 1. The van der Waals surface area contributed by atoms with E-state index in [1.807, 2.05) is 72.8 Å². The number of hydrogen-bond donors (Lipinski definition) is 1. The molecule has 0 fully saturated rings. The highest BCUT2D eigenvalue weighted by atomic mass is 16.3. The van der Waals surface area contributed by atoms with E-state index >= 15 is 0 Å². The van der Waals surface area contributed by atoms with Crippen LogP contribution in [0.4, 0.5) is 5.69 Å².